The van der Waals surface area contributed by atoms with Gasteiger partial charge in [0, 0.05) is 12.2 Å². The Bertz CT molecular complexity index is 594. The first-order valence-corrected chi connectivity index (χ1v) is 8.79. The minimum absolute atomic E-state index is 0.176. The average Bonchev–Trinajstić information content (AvgIpc) is 3.15. The van der Waals surface area contributed by atoms with Crippen molar-refractivity contribution in [2.24, 2.45) is 0 Å². The summed E-state index contributed by atoms with van der Waals surface area (Å²) in [6, 6.07) is 9.39. The molecule has 0 radical (unpaired) electrons. The van der Waals surface area contributed by atoms with Crippen LogP contribution in [0.25, 0.3) is 0 Å². The third kappa shape index (κ3) is 4.07. The number of nitrogens with one attached hydrogen (secondary N) is 1. The van der Waals surface area contributed by atoms with E-state index >= 15 is 0 Å². The van der Waals surface area contributed by atoms with Gasteiger partial charge in [-0.15, -0.1) is 0 Å². The summed E-state index contributed by atoms with van der Waals surface area (Å²) in [5, 5.41) is 12.4. The monoisotopic (exact) mass is 328 g/mol. The maximum atomic E-state index is 12.4. The van der Waals surface area contributed by atoms with Crippen LogP contribution in [0.15, 0.2) is 24.3 Å². The fourth-order valence-electron chi connectivity index (χ4n) is 3.38. The van der Waals surface area contributed by atoms with Crippen molar-refractivity contribution in [3.8, 4) is 11.8 Å². The van der Waals surface area contributed by atoms with E-state index in [4.69, 9.17) is 9.47 Å². The van der Waals surface area contributed by atoms with Crippen molar-refractivity contribution in [3.05, 3.63) is 29.8 Å². The molecule has 1 aromatic carbocycles. The molecule has 24 heavy (non-hydrogen) atoms. The number of carbonyl (C=O) groups is 1. The van der Waals surface area contributed by atoms with Gasteiger partial charge in [-0.3, -0.25) is 4.79 Å². The molecule has 1 saturated carbocycles. The lowest BCUT2D eigenvalue weighted by atomic mass is 9.82. The number of ether oxygens (including phenoxy) is 2. The topological polar surface area (TPSA) is 71.4 Å². The summed E-state index contributed by atoms with van der Waals surface area (Å²) < 4.78 is 11.2. The summed E-state index contributed by atoms with van der Waals surface area (Å²) in [6.45, 7) is 1.36. The largest absolute Gasteiger partial charge is 0.491 e. The number of amides is 1. The van der Waals surface area contributed by atoms with E-state index in [9.17, 15) is 10.1 Å². The number of nitriles is 1. The summed E-state index contributed by atoms with van der Waals surface area (Å²) in [4.78, 5) is 12.4. The highest BCUT2D eigenvalue weighted by atomic mass is 16.5. The molecule has 3 rings (SSSR count). The molecule has 1 heterocycles. The van der Waals surface area contributed by atoms with Crippen LogP contribution in [0.1, 0.15) is 55.3 Å². The van der Waals surface area contributed by atoms with Gasteiger partial charge in [0.15, 0.2) is 0 Å². The molecule has 1 unspecified atom stereocenters. The normalized spacial score (nSPS) is 22.5. The van der Waals surface area contributed by atoms with Gasteiger partial charge >= 0.3 is 0 Å². The Balaban J connectivity index is 1.56. The van der Waals surface area contributed by atoms with Gasteiger partial charge in [0.1, 0.15) is 17.9 Å². The maximum Gasteiger partial charge on any atom is 0.252 e. The van der Waals surface area contributed by atoms with E-state index < -0.39 is 5.54 Å². The summed E-state index contributed by atoms with van der Waals surface area (Å²) in [7, 11) is 0. The van der Waals surface area contributed by atoms with Crippen LogP contribution < -0.4 is 10.1 Å². The van der Waals surface area contributed by atoms with Crippen molar-refractivity contribution >= 4 is 5.91 Å². The first-order chi connectivity index (χ1) is 11.7. The minimum Gasteiger partial charge on any atom is -0.491 e. The minimum atomic E-state index is -0.704. The molecule has 1 aliphatic heterocycles. The molecule has 1 saturated heterocycles. The van der Waals surface area contributed by atoms with E-state index in [2.05, 4.69) is 11.4 Å². The predicted molar refractivity (Wildman–Crippen MR) is 89.8 cm³/mol. The zero-order valence-electron chi connectivity index (χ0n) is 13.9. The lowest BCUT2D eigenvalue weighted by Crippen LogP contribution is -2.48. The zero-order valence-corrected chi connectivity index (χ0v) is 13.9. The lowest BCUT2D eigenvalue weighted by molar-refractivity contribution is 0.0679. The Kier molecular flexibility index (Phi) is 5.37. The van der Waals surface area contributed by atoms with Crippen LogP contribution in [0, 0.1) is 11.3 Å². The Morgan fingerprint density at radius 3 is 2.62 bits per heavy atom. The summed E-state index contributed by atoms with van der Waals surface area (Å²) in [5.74, 6) is 0.541. The number of hydrogen-bond acceptors (Lipinski definition) is 4. The molecule has 128 valence electrons. The zero-order chi connectivity index (χ0) is 16.8. The highest BCUT2D eigenvalue weighted by Gasteiger charge is 2.33. The van der Waals surface area contributed by atoms with Crippen molar-refractivity contribution < 1.29 is 14.3 Å². The number of benzene rings is 1. The van der Waals surface area contributed by atoms with Crippen LogP contribution in [-0.2, 0) is 4.74 Å². The standard InChI is InChI=1S/C19H24N2O3/c20-14-19(10-2-1-3-11-19)21-18(22)15-6-8-16(9-7-15)24-13-17-5-4-12-23-17/h6-9,17H,1-5,10-13H2,(H,21,22). The van der Waals surface area contributed by atoms with Gasteiger partial charge in [-0.1, -0.05) is 19.3 Å². The average molecular weight is 328 g/mol. The van der Waals surface area contributed by atoms with E-state index in [-0.39, 0.29) is 12.0 Å². The molecular weight excluding hydrogens is 304 g/mol. The summed E-state index contributed by atoms with van der Waals surface area (Å²) in [5.41, 5.74) is -0.149. The van der Waals surface area contributed by atoms with Crippen molar-refractivity contribution in [2.45, 2.75) is 56.6 Å². The molecule has 1 atom stereocenters. The van der Waals surface area contributed by atoms with Crippen LogP contribution in [0.2, 0.25) is 0 Å². The second-order valence-electron chi connectivity index (χ2n) is 6.68. The maximum absolute atomic E-state index is 12.4. The van der Waals surface area contributed by atoms with Crippen molar-refractivity contribution in [3.63, 3.8) is 0 Å². The van der Waals surface area contributed by atoms with E-state index in [1.54, 1.807) is 24.3 Å². The fraction of sp³-hybridized carbons (Fsp3) is 0.579. The predicted octanol–water partition coefficient (Wildman–Crippen LogP) is 3.20. The van der Waals surface area contributed by atoms with Gasteiger partial charge in [0.05, 0.1) is 12.2 Å². The van der Waals surface area contributed by atoms with E-state index in [0.717, 1.165) is 57.3 Å². The highest BCUT2D eigenvalue weighted by molar-refractivity contribution is 5.95. The molecule has 1 aliphatic carbocycles. The van der Waals surface area contributed by atoms with Crippen LogP contribution in [0.5, 0.6) is 5.75 Å². The third-order valence-corrected chi connectivity index (χ3v) is 4.85. The van der Waals surface area contributed by atoms with Gasteiger partial charge < -0.3 is 14.8 Å². The van der Waals surface area contributed by atoms with Crippen LogP contribution in [-0.4, -0.2) is 30.8 Å². The first kappa shape index (κ1) is 16.8. The fourth-order valence-corrected chi connectivity index (χ4v) is 3.38. The van der Waals surface area contributed by atoms with Crippen molar-refractivity contribution in [2.75, 3.05) is 13.2 Å². The Morgan fingerprint density at radius 1 is 1.25 bits per heavy atom. The molecule has 5 nitrogen and oxygen atoms in total. The van der Waals surface area contributed by atoms with Gasteiger partial charge in [-0.25, -0.2) is 0 Å². The number of rotatable bonds is 5. The van der Waals surface area contributed by atoms with Gasteiger partial charge in [-0.05, 0) is 49.9 Å². The SMILES string of the molecule is N#CC1(NC(=O)c2ccc(OCC3CCCO3)cc2)CCCCC1. The van der Waals surface area contributed by atoms with Crippen molar-refractivity contribution in [1.82, 2.24) is 5.32 Å². The molecule has 1 amide bonds. The van der Waals surface area contributed by atoms with Gasteiger partial charge in [-0.2, -0.15) is 5.26 Å². The van der Waals surface area contributed by atoms with Crippen LogP contribution >= 0.6 is 0 Å². The molecule has 0 spiro atoms. The molecule has 1 N–H and O–H groups in total. The molecule has 0 aromatic heterocycles. The van der Waals surface area contributed by atoms with E-state index in [1.165, 1.54) is 0 Å². The van der Waals surface area contributed by atoms with Crippen LogP contribution in [0.4, 0.5) is 0 Å². The van der Waals surface area contributed by atoms with E-state index in [1.807, 2.05) is 0 Å². The third-order valence-electron chi connectivity index (χ3n) is 4.85. The molecule has 5 heteroatoms. The summed E-state index contributed by atoms with van der Waals surface area (Å²) in [6.07, 6.45) is 6.89. The lowest BCUT2D eigenvalue weighted by Gasteiger charge is -2.31. The first-order valence-electron chi connectivity index (χ1n) is 8.79. The molecule has 0 bridgehead atoms. The molecule has 2 aliphatic rings. The Hall–Kier alpha value is -2.06. The molecular formula is C19H24N2O3. The molecule has 1 aromatic rings. The summed E-state index contributed by atoms with van der Waals surface area (Å²) >= 11 is 0. The van der Waals surface area contributed by atoms with Gasteiger partial charge in [0.25, 0.3) is 5.91 Å². The molecule has 2 fully saturated rings. The Morgan fingerprint density at radius 2 is 2.00 bits per heavy atom. The Labute approximate surface area is 142 Å². The number of hydrogen-bond donors (Lipinski definition) is 1. The second kappa shape index (κ2) is 7.67. The number of nitrogens with zero attached hydrogens (tertiary/aromatic N) is 1. The van der Waals surface area contributed by atoms with Crippen molar-refractivity contribution in [1.29, 1.82) is 5.26 Å². The van der Waals surface area contributed by atoms with Crippen LogP contribution in [0.3, 0.4) is 0 Å². The smallest absolute Gasteiger partial charge is 0.252 e. The number of carbonyl (C=O) groups excluding carboxylic acids is 1. The quantitative estimate of drug-likeness (QED) is 0.901. The van der Waals surface area contributed by atoms with Gasteiger partial charge in [0.2, 0.25) is 0 Å². The second-order valence-corrected chi connectivity index (χ2v) is 6.68. The highest BCUT2D eigenvalue weighted by Crippen LogP contribution is 2.28. The van der Waals surface area contributed by atoms with E-state index in [0.29, 0.717) is 12.2 Å².